The Labute approximate surface area is 146 Å². The maximum atomic E-state index is 6.22. The highest BCUT2D eigenvalue weighted by atomic mass is 35.5. The largest absolute Gasteiger partial charge is 0.353 e. The maximum Gasteiger partial charge on any atom is 0.138 e. The Morgan fingerprint density at radius 3 is 2.62 bits per heavy atom. The van der Waals surface area contributed by atoms with Crippen LogP contribution in [0.1, 0.15) is 5.56 Å². The van der Waals surface area contributed by atoms with Crippen molar-refractivity contribution in [1.82, 2.24) is 14.9 Å². The number of piperazine rings is 1. The van der Waals surface area contributed by atoms with E-state index >= 15 is 0 Å². The van der Waals surface area contributed by atoms with Gasteiger partial charge in [-0.05, 0) is 23.1 Å². The Morgan fingerprint density at radius 1 is 1.00 bits per heavy atom. The van der Waals surface area contributed by atoms with Crippen LogP contribution in [0.2, 0.25) is 5.15 Å². The van der Waals surface area contributed by atoms with E-state index in [4.69, 9.17) is 11.6 Å². The fourth-order valence-corrected chi connectivity index (χ4v) is 3.45. The molecule has 24 heavy (non-hydrogen) atoms. The normalized spacial score (nSPS) is 15.8. The number of fused-ring (bicyclic) bond motifs is 1. The molecular weight excluding hydrogens is 320 g/mol. The van der Waals surface area contributed by atoms with Crippen molar-refractivity contribution in [2.75, 3.05) is 31.1 Å². The molecule has 122 valence electrons. The summed E-state index contributed by atoms with van der Waals surface area (Å²) in [6, 6.07) is 14.4. The number of nitrogens with zero attached hydrogens (tertiary/aromatic N) is 4. The summed E-state index contributed by atoms with van der Waals surface area (Å²) >= 11 is 6.22. The standard InChI is InChI=1S/C19H19ClN4/c20-18-12-16-5-1-2-6-17(16)19(22-18)24-10-8-23(9-11-24)14-15-4-3-7-21-13-15/h1-7,12-13H,8-11,14H2. The van der Waals surface area contributed by atoms with E-state index in [0.29, 0.717) is 5.15 Å². The Kier molecular flexibility index (Phi) is 4.32. The van der Waals surface area contributed by atoms with Crippen LogP contribution in [0.5, 0.6) is 0 Å². The molecule has 1 saturated heterocycles. The maximum absolute atomic E-state index is 6.22. The van der Waals surface area contributed by atoms with Crippen molar-refractivity contribution in [2.45, 2.75) is 6.54 Å². The second-order valence-electron chi connectivity index (χ2n) is 6.11. The fraction of sp³-hybridized carbons (Fsp3) is 0.263. The van der Waals surface area contributed by atoms with Gasteiger partial charge in [0.1, 0.15) is 11.0 Å². The zero-order valence-electron chi connectivity index (χ0n) is 13.4. The first-order valence-electron chi connectivity index (χ1n) is 8.21. The number of halogens is 1. The van der Waals surface area contributed by atoms with Crippen molar-refractivity contribution in [3.05, 3.63) is 65.6 Å². The van der Waals surface area contributed by atoms with Gasteiger partial charge in [-0.1, -0.05) is 41.9 Å². The molecule has 2 aromatic heterocycles. The second-order valence-corrected chi connectivity index (χ2v) is 6.50. The van der Waals surface area contributed by atoms with Crippen LogP contribution < -0.4 is 4.90 Å². The van der Waals surface area contributed by atoms with E-state index in [9.17, 15) is 0 Å². The van der Waals surface area contributed by atoms with Crippen molar-refractivity contribution in [3.8, 4) is 0 Å². The SMILES string of the molecule is Clc1cc2ccccc2c(N2CCN(Cc3cccnc3)CC2)n1. The van der Waals surface area contributed by atoms with Crippen molar-refractivity contribution >= 4 is 28.2 Å². The lowest BCUT2D eigenvalue weighted by atomic mass is 10.1. The monoisotopic (exact) mass is 338 g/mol. The average molecular weight is 339 g/mol. The molecule has 1 aromatic carbocycles. The molecule has 0 bridgehead atoms. The topological polar surface area (TPSA) is 32.3 Å². The minimum Gasteiger partial charge on any atom is -0.353 e. The molecule has 0 aliphatic carbocycles. The summed E-state index contributed by atoms with van der Waals surface area (Å²) in [5, 5.41) is 2.87. The zero-order chi connectivity index (χ0) is 16.4. The molecule has 0 saturated carbocycles. The molecule has 4 rings (SSSR count). The molecule has 3 heterocycles. The number of anilines is 1. The lowest BCUT2D eigenvalue weighted by Gasteiger charge is -2.36. The van der Waals surface area contributed by atoms with Crippen molar-refractivity contribution < 1.29 is 0 Å². The second kappa shape index (κ2) is 6.75. The first-order valence-corrected chi connectivity index (χ1v) is 8.59. The molecule has 3 aromatic rings. The fourth-order valence-electron chi connectivity index (χ4n) is 3.26. The van der Waals surface area contributed by atoms with Crippen molar-refractivity contribution in [3.63, 3.8) is 0 Å². The van der Waals surface area contributed by atoms with E-state index in [0.717, 1.165) is 43.9 Å². The molecule has 0 atom stereocenters. The summed E-state index contributed by atoms with van der Waals surface area (Å²) in [5.41, 5.74) is 1.26. The van der Waals surface area contributed by atoms with E-state index in [-0.39, 0.29) is 0 Å². The van der Waals surface area contributed by atoms with Gasteiger partial charge < -0.3 is 4.90 Å². The lowest BCUT2D eigenvalue weighted by Crippen LogP contribution is -2.46. The van der Waals surface area contributed by atoms with Crippen LogP contribution in [0, 0.1) is 0 Å². The molecule has 0 radical (unpaired) electrons. The third-order valence-electron chi connectivity index (χ3n) is 4.49. The summed E-state index contributed by atoms with van der Waals surface area (Å²) in [7, 11) is 0. The van der Waals surface area contributed by atoms with Crippen LogP contribution in [0.4, 0.5) is 5.82 Å². The summed E-state index contributed by atoms with van der Waals surface area (Å²) in [6.45, 7) is 4.88. The molecule has 5 heteroatoms. The van der Waals surface area contributed by atoms with Crippen LogP contribution in [0.25, 0.3) is 10.8 Å². The summed E-state index contributed by atoms with van der Waals surface area (Å²) in [4.78, 5) is 13.6. The molecule has 1 aliphatic heterocycles. The van der Waals surface area contributed by atoms with Crippen LogP contribution in [-0.2, 0) is 6.54 Å². The Morgan fingerprint density at radius 2 is 1.83 bits per heavy atom. The highest BCUT2D eigenvalue weighted by Crippen LogP contribution is 2.28. The van der Waals surface area contributed by atoms with Crippen LogP contribution >= 0.6 is 11.6 Å². The van der Waals surface area contributed by atoms with Crippen molar-refractivity contribution in [1.29, 1.82) is 0 Å². The van der Waals surface area contributed by atoms with Gasteiger partial charge in [0.05, 0.1) is 0 Å². The molecule has 1 fully saturated rings. The first kappa shape index (κ1) is 15.4. The molecule has 1 aliphatic rings. The highest BCUT2D eigenvalue weighted by Gasteiger charge is 2.20. The van der Waals surface area contributed by atoms with E-state index in [1.54, 1.807) is 0 Å². The first-order chi connectivity index (χ1) is 11.8. The van der Waals surface area contributed by atoms with Gasteiger partial charge >= 0.3 is 0 Å². The van der Waals surface area contributed by atoms with Gasteiger partial charge in [0, 0.05) is 50.5 Å². The Balaban J connectivity index is 1.50. The number of hydrogen-bond acceptors (Lipinski definition) is 4. The van der Waals surface area contributed by atoms with Crippen LogP contribution in [-0.4, -0.2) is 41.0 Å². The molecule has 0 amide bonds. The molecular formula is C19H19ClN4. The van der Waals surface area contributed by atoms with E-state index < -0.39 is 0 Å². The minimum atomic E-state index is 0.557. The smallest absolute Gasteiger partial charge is 0.138 e. The van der Waals surface area contributed by atoms with Gasteiger partial charge in [0.15, 0.2) is 0 Å². The molecule has 0 unspecified atom stereocenters. The summed E-state index contributed by atoms with van der Waals surface area (Å²) < 4.78 is 0. The number of hydrogen-bond donors (Lipinski definition) is 0. The quantitative estimate of drug-likeness (QED) is 0.683. The average Bonchev–Trinajstić information content (AvgIpc) is 2.62. The Bertz CT molecular complexity index is 829. The van der Waals surface area contributed by atoms with E-state index in [2.05, 4.69) is 44.0 Å². The number of benzene rings is 1. The zero-order valence-corrected chi connectivity index (χ0v) is 14.2. The highest BCUT2D eigenvalue weighted by molar-refractivity contribution is 6.30. The number of pyridine rings is 2. The van der Waals surface area contributed by atoms with Crippen molar-refractivity contribution in [2.24, 2.45) is 0 Å². The van der Waals surface area contributed by atoms with E-state index in [1.807, 2.05) is 30.6 Å². The lowest BCUT2D eigenvalue weighted by molar-refractivity contribution is 0.249. The van der Waals surface area contributed by atoms with Crippen LogP contribution in [0.15, 0.2) is 54.9 Å². The van der Waals surface area contributed by atoms with Gasteiger partial charge in [-0.15, -0.1) is 0 Å². The van der Waals surface area contributed by atoms with Gasteiger partial charge in [-0.25, -0.2) is 4.98 Å². The van der Waals surface area contributed by atoms with E-state index in [1.165, 1.54) is 10.9 Å². The molecule has 0 N–H and O–H groups in total. The molecule has 4 nitrogen and oxygen atoms in total. The van der Waals surface area contributed by atoms with Gasteiger partial charge in [0.2, 0.25) is 0 Å². The number of aromatic nitrogens is 2. The van der Waals surface area contributed by atoms with Crippen LogP contribution in [0.3, 0.4) is 0 Å². The van der Waals surface area contributed by atoms with Gasteiger partial charge in [0.25, 0.3) is 0 Å². The number of rotatable bonds is 3. The predicted octanol–water partition coefficient (Wildman–Crippen LogP) is 3.61. The van der Waals surface area contributed by atoms with Gasteiger partial charge in [-0.2, -0.15) is 0 Å². The third-order valence-corrected chi connectivity index (χ3v) is 4.68. The minimum absolute atomic E-state index is 0.557. The predicted molar refractivity (Wildman–Crippen MR) is 98.5 cm³/mol. The Hall–Kier alpha value is -2.17. The summed E-state index contributed by atoms with van der Waals surface area (Å²) in [5.74, 6) is 0.999. The van der Waals surface area contributed by atoms with Gasteiger partial charge in [-0.3, -0.25) is 9.88 Å². The third kappa shape index (κ3) is 3.21. The molecule has 0 spiro atoms. The summed E-state index contributed by atoms with van der Waals surface area (Å²) in [6.07, 6.45) is 3.76.